The van der Waals surface area contributed by atoms with Crippen LogP contribution in [0.1, 0.15) is 34.1 Å². The van der Waals surface area contributed by atoms with E-state index in [1.54, 1.807) is 23.5 Å². The van der Waals surface area contributed by atoms with Gasteiger partial charge in [-0.05, 0) is 42.9 Å². The summed E-state index contributed by atoms with van der Waals surface area (Å²) in [5.41, 5.74) is 2.49. The Morgan fingerprint density at radius 2 is 2.09 bits per heavy atom. The molecule has 1 N–H and O–H groups in total. The monoisotopic (exact) mass is 316 g/mol. The van der Waals surface area contributed by atoms with Crippen LogP contribution >= 0.6 is 11.3 Å². The second-order valence-corrected chi connectivity index (χ2v) is 6.62. The molecule has 6 heteroatoms. The van der Waals surface area contributed by atoms with Gasteiger partial charge in [0.25, 0.3) is 11.6 Å². The number of nitro benzene ring substituents is 1. The van der Waals surface area contributed by atoms with Gasteiger partial charge in [-0.1, -0.05) is 6.92 Å². The molecule has 1 aliphatic rings. The van der Waals surface area contributed by atoms with Crippen molar-refractivity contribution in [2.75, 3.05) is 5.32 Å². The molecule has 5 nitrogen and oxygen atoms in total. The number of thiophene rings is 1. The van der Waals surface area contributed by atoms with Crippen LogP contribution in [-0.2, 0) is 12.8 Å². The zero-order valence-corrected chi connectivity index (χ0v) is 13.0. The largest absolute Gasteiger partial charge is 0.322 e. The summed E-state index contributed by atoms with van der Waals surface area (Å²) in [6.45, 7) is 2.24. The minimum absolute atomic E-state index is 0.0138. The van der Waals surface area contributed by atoms with E-state index in [2.05, 4.69) is 12.2 Å². The highest BCUT2D eigenvalue weighted by Crippen LogP contribution is 2.33. The standard InChI is InChI=1S/C16H16N2O3S/c1-10-2-7-13-14(9-22-15(13)8-10)16(19)17-11-3-5-12(6-4-11)18(20)21/h3-6,9-10H,2,7-8H2,1H3,(H,17,19). The molecule has 1 unspecified atom stereocenters. The Balaban J connectivity index is 1.76. The number of fused-ring (bicyclic) bond motifs is 1. The Labute approximate surface area is 132 Å². The first-order valence-corrected chi connectivity index (χ1v) is 8.07. The fourth-order valence-electron chi connectivity index (χ4n) is 2.73. The Morgan fingerprint density at radius 3 is 2.77 bits per heavy atom. The molecule has 0 spiro atoms. The Kier molecular flexibility index (Phi) is 3.94. The van der Waals surface area contributed by atoms with Crippen molar-refractivity contribution in [3.63, 3.8) is 0 Å². The molecule has 0 fully saturated rings. The van der Waals surface area contributed by atoms with E-state index in [1.807, 2.05) is 5.38 Å². The predicted octanol–water partition coefficient (Wildman–Crippen LogP) is 4.03. The van der Waals surface area contributed by atoms with Gasteiger partial charge < -0.3 is 5.32 Å². The van der Waals surface area contributed by atoms with Gasteiger partial charge in [0.05, 0.1) is 10.5 Å². The molecule has 1 heterocycles. The number of hydrogen-bond acceptors (Lipinski definition) is 4. The van der Waals surface area contributed by atoms with Crippen LogP contribution in [0.4, 0.5) is 11.4 Å². The first-order chi connectivity index (χ1) is 10.5. The van der Waals surface area contributed by atoms with Crippen LogP contribution in [0.3, 0.4) is 0 Å². The fraction of sp³-hybridized carbons (Fsp3) is 0.312. The van der Waals surface area contributed by atoms with Gasteiger partial charge in [-0.3, -0.25) is 14.9 Å². The third kappa shape index (κ3) is 2.87. The van der Waals surface area contributed by atoms with Crippen molar-refractivity contribution in [1.82, 2.24) is 0 Å². The predicted molar refractivity (Wildman–Crippen MR) is 86.6 cm³/mol. The molecule has 22 heavy (non-hydrogen) atoms. The molecule has 0 bridgehead atoms. The molecule has 1 atom stereocenters. The average molecular weight is 316 g/mol. The normalized spacial score (nSPS) is 16.9. The maximum atomic E-state index is 12.4. The fourth-order valence-corrected chi connectivity index (χ4v) is 3.98. The van der Waals surface area contributed by atoms with Crippen LogP contribution in [0.5, 0.6) is 0 Å². The van der Waals surface area contributed by atoms with Crippen LogP contribution in [0.25, 0.3) is 0 Å². The van der Waals surface area contributed by atoms with Gasteiger partial charge in [0.15, 0.2) is 0 Å². The molecule has 0 saturated carbocycles. The summed E-state index contributed by atoms with van der Waals surface area (Å²) in [6, 6.07) is 5.88. The number of anilines is 1. The molecular formula is C16H16N2O3S. The van der Waals surface area contributed by atoms with E-state index >= 15 is 0 Å². The van der Waals surface area contributed by atoms with Gasteiger partial charge in [0.1, 0.15) is 0 Å². The lowest BCUT2D eigenvalue weighted by atomic mass is 9.88. The number of benzene rings is 1. The molecule has 0 radical (unpaired) electrons. The first kappa shape index (κ1) is 14.7. The number of carbonyl (C=O) groups is 1. The van der Waals surface area contributed by atoms with Crippen molar-refractivity contribution >= 4 is 28.6 Å². The molecule has 1 amide bonds. The Hall–Kier alpha value is -2.21. The highest BCUT2D eigenvalue weighted by Gasteiger charge is 2.23. The quantitative estimate of drug-likeness (QED) is 0.686. The maximum Gasteiger partial charge on any atom is 0.269 e. The second kappa shape index (κ2) is 5.88. The van der Waals surface area contributed by atoms with Gasteiger partial charge in [-0.25, -0.2) is 0 Å². The number of nitrogens with one attached hydrogen (secondary N) is 1. The second-order valence-electron chi connectivity index (χ2n) is 5.66. The van der Waals surface area contributed by atoms with Crippen molar-refractivity contribution < 1.29 is 9.72 Å². The molecule has 114 valence electrons. The summed E-state index contributed by atoms with van der Waals surface area (Å²) in [5, 5.41) is 15.4. The molecular weight excluding hydrogens is 300 g/mol. The minimum atomic E-state index is -0.456. The van der Waals surface area contributed by atoms with Gasteiger partial charge in [0, 0.05) is 28.1 Å². The number of carbonyl (C=O) groups excluding carboxylic acids is 1. The summed E-state index contributed by atoms with van der Waals surface area (Å²) in [5.74, 6) is 0.539. The summed E-state index contributed by atoms with van der Waals surface area (Å²) in [4.78, 5) is 23.9. The lowest BCUT2D eigenvalue weighted by molar-refractivity contribution is -0.384. The van der Waals surface area contributed by atoms with Gasteiger partial charge in [-0.2, -0.15) is 0 Å². The highest BCUT2D eigenvalue weighted by molar-refractivity contribution is 7.10. The third-order valence-corrected chi connectivity index (χ3v) is 5.03. The molecule has 1 aromatic carbocycles. The molecule has 0 saturated heterocycles. The summed E-state index contributed by atoms with van der Waals surface area (Å²) < 4.78 is 0. The SMILES string of the molecule is CC1CCc2c(C(=O)Nc3ccc([N+](=O)[O-])cc3)csc2C1. The highest BCUT2D eigenvalue weighted by atomic mass is 32.1. The Bertz CT molecular complexity index is 721. The van der Waals surface area contributed by atoms with E-state index in [9.17, 15) is 14.9 Å². The molecule has 2 aromatic rings. The van der Waals surface area contributed by atoms with Crippen LogP contribution in [0.15, 0.2) is 29.6 Å². The van der Waals surface area contributed by atoms with Crippen LogP contribution < -0.4 is 5.32 Å². The van der Waals surface area contributed by atoms with Crippen molar-refractivity contribution in [1.29, 1.82) is 0 Å². The van der Waals surface area contributed by atoms with E-state index in [-0.39, 0.29) is 11.6 Å². The number of rotatable bonds is 3. The van der Waals surface area contributed by atoms with E-state index in [0.29, 0.717) is 11.6 Å². The lowest BCUT2D eigenvalue weighted by Gasteiger charge is -2.18. The number of nitrogens with zero attached hydrogens (tertiary/aromatic N) is 1. The number of hydrogen-bond donors (Lipinski definition) is 1. The smallest absolute Gasteiger partial charge is 0.269 e. The average Bonchev–Trinajstić information content (AvgIpc) is 2.90. The third-order valence-electron chi connectivity index (χ3n) is 3.98. The number of amides is 1. The summed E-state index contributed by atoms with van der Waals surface area (Å²) in [6.07, 6.45) is 3.11. The van der Waals surface area contributed by atoms with Crippen molar-refractivity contribution in [2.24, 2.45) is 5.92 Å². The van der Waals surface area contributed by atoms with Gasteiger partial charge in [0.2, 0.25) is 0 Å². The lowest BCUT2D eigenvalue weighted by Crippen LogP contribution is -2.16. The van der Waals surface area contributed by atoms with Crippen LogP contribution in [-0.4, -0.2) is 10.8 Å². The van der Waals surface area contributed by atoms with Crippen LogP contribution in [0, 0.1) is 16.0 Å². The van der Waals surface area contributed by atoms with E-state index in [1.165, 1.54) is 22.6 Å². The summed E-state index contributed by atoms with van der Waals surface area (Å²) in [7, 11) is 0. The molecule has 0 aliphatic heterocycles. The molecule has 1 aromatic heterocycles. The van der Waals surface area contributed by atoms with E-state index in [0.717, 1.165) is 24.8 Å². The zero-order chi connectivity index (χ0) is 15.7. The molecule has 3 rings (SSSR count). The number of non-ortho nitro benzene ring substituents is 1. The number of nitro groups is 1. The van der Waals surface area contributed by atoms with Crippen LogP contribution in [0.2, 0.25) is 0 Å². The van der Waals surface area contributed by atoms with Crippen molar-refractivity contribution in [3.05, 3.63) is 55.8 Å². The van der Waals surface area contributed by atoms with E-state index in [4.69, 9.17) is 0 Å². The zero-order valence-electron chi connectivity index (χ0n) is 12.2. The Morgan fingerprint density at radius 1 is 1.36 bits per heavy atom. The first-order valence-electron chi connectivity index (χ1n) is 7.19. The van der Waals surface area contributed by atoms with Gasteiger partial charge in [-0.15, -0.1) is 11.3 Å². The van der Waals surface area contributed by atoms with Crippen molar-refractivity contribution in [2.45, 2.75) is 26.2 Å². The minimum Gasteiger partial charge on any atom is -0.322 e. The van der Waals surface area contributed by atoms with Crippen molar-refractivity contribution in [3.8, 4) is 0 Å². The van der Waals surface area contributed by atoms with E-state index < -0.39 is 4.92 Å². The van der Waals surface area contributed by atoms with Gasteiger partial charge >= 0.3 is 0 Å². The molecule has 1 aliphatic carbocycles. The summed E-state index contributed by atoms with van der Waals surface area (Å²) >= 11 is 1.65. The topological polar surface area (TPSA) is 72.2 Å². The maximum absolute atomic E-state index is 12.4.